The van der Waals surface area contributed by atoms with E-state index in [-0.39, 0.29) is 17.9 Å². The number of likely N-dealkylation sites (tertiary alicyclic amines) is 1. The Morgan fingerprint density at radius 1 is 1.31 bits per heavy atom. The van der Waals surface area contributed by atoms with Gasteiger partial charge in [0.05, 0.1) is 5.92 Å². The minimum Gasteiger partial charge on any atom is -0.352 e. The topological polar surface area (TPSA) is 58.4 Å². The molecule has 4 nitrogen and oxygen atoms in total. The zero-order chi connectivity index (χ0) is 11.5. The highest BCUT2D eigenvalue weighted by Gasteiger charge is 2.31. The molecule has 1 aliphatic heterocycles. The zero-order valence-electron chi connectivity index (χ0n) is 10.1. The van der Waals surface area contributed by atoms with E-state index in [9.17, 15) is 4.79 Å². The maximum atomic E-state index is 12.0. The molecule has 1 amide bonds. The number of rotatable bonds is 2. The van der Waals surface area contributed by atoms with Crippen molar-refractivity contribution >= 4 is 5.91 Å². The fourth-order valence-corrected chi connectivity index (χ4v) is 2.91. The smallest absolute Gasteiger partial charge is 0.224 e. The molecule has 1 saturated carbocycles. The van der Waals surface area contributed by atoms with Crippen LogP contribution in [0.3, 0.4) is 0 Å². The van der Waals surface area contributed by atoms with Crippen molar-refractivity contribution in [2.75, 3.05) is 20.1 Å². The Hall–Kier alpha value is -0.610. The second kappa shape index (κ2) is 5.15. The molecule has 0 aromatic rings. The molecular formula is C12H23N3O. The van der Waals surface area contributed by atoms with Gasteiger partial charge in [-0.25, -0.2) is 0 Å². The van der Waals surface area contributed by atoms with Crippen molar-refractivity contribution < 1.29 is 4.79 Å². The largest absolute Gasteiger partial charge is 0.352 e. The molecule has 1 saturated heterocycles. The number of carbonyl (C=O) groups excluding carboxylic acids is 1. The van der Waals surface area contributed by atoms with Gasteiger partial charge in [-0.05, 0) is 39.3 Å². The number of amides is 1. The van der Waals surface area contributed by atoms with Crippen molar-refractivity contribution in [2.24, 2.45) is 11.7 Å². The summed E-state index contributed by atoms with van der Waals surface area (Å²) in [5, 5.41) is 3.16. The summed E-state index contributed by atoms with van der Waals surface area (Å²) in [6.45, 7) is 2.13. The van der Waals surface area contributed by atoms with Gasteiger partial charge in [-0.15, -0.1) is 0 Å². The summed E-state index contributed by atoms with van der Waals surface area (Å²) in [6.07, 6.45) is 5.36. The number of hydrogen-bond donors (Lipinski definition) is 2. The van der Waals surface area contributed by atoms with Gasteiger partial charge >= 0.3 is 0 Å². The van der Waals surface area contributed by atoms with Gasteiger partial charge in [0, 0.05) is 18.6 Å². The lowest BCUT2D eigenvalue weighted by molar-refractivity contribution is -0.126. The van der Waals surface area contributed by atoms with Crippen molar-refractivity contribution in [3.63, 3.8) is 0 Å². The Kier molecular flexibility index (Phi) is 3.82. The monoisotopic (exact) mass is 225 g/mol. The number of nitrogens with one attached hydrogen (secondary N) is 1. The minimum absolute atomic E-state index is 0.0623. The van der Waals surface area contributed by atoms with E-state index in [0.717, 1.165) is 38.8 Å². The Morgan fingerprint density at radius 2 is 2.12 bits per heavy atom. The molecule has 0 radical (unpaired) electrons. The first kappa shape index (κ1) is 11.9. The lowest BCUT2D eigenvalue weighted by Crippen LogP contribution is -2.49. The third-order valence-electron chi connectivity index (χ3n) is 3.88. The van der Waals surface area contributed by atoms with E-state index < -0.39 is 0 Å². The number of likely N-dealkylation sites (N-methyl/N-ethyl adjacent to an activating group) is 1. The normalized spacial score (nSPS) is 36.2. The lowest BCUT2D eigenvalue weighted by Gasteiger charge is -2.31. The summed E-state index contributed by atoms with van der Waals surface area (Å²) in [7, 11) is 2.11. The highest BCUT2D eigenvalue weighted by atomic mass is 16.2. The Balaban J connectivity index is 1.82. The summed E-state index contributed by atoms with van der Waals surface area (Å²) in [5.41, 5.74) is 5.94. The van der Waals surface area contributed by atoms with Crippen LogP contribution in [0.25, 0.3) is 0 Å². The van der Waals surface area contributed by atoms with E-state index in [4.69, 9.17) is 5.73 Å². The molecule has 0 aromatic heterocycles. The SMILES string of the molecule is CN1CCCC(NC(=O)C2CCCC2N)C1. The van der Waals surface area contributed by atoms with E-state index in [1.807, 2.05) is 0 Å². The highest BCUT2D eigenvalue weighted by Crippen LogP contribution is 2.24. The van der Waals surface area contributed by atoms with Gasteiger partial charge in [-0.1, -0.05) is 6.42 Å². The summed E-state index contributed by atoms with van der Waals surface area (Å²) < 4.78 is 0. The predicted octanol–water partition coefficient (Wildman–Crippen LogP) is 0.324. The molecule has 3 atom stereocenters. The van der Waals surface area contributed by atoms with Crippen molar-refractivity contribution in [3.05, 3.63) is 0 Å². The first-order valence-electron chi connectivity index (χ1n) is 6.41. The first-order valence-corrected chi connectivity index (χ1v) is 6.41. The van der Waals surface area contributed by atoms with E-state index in [1.165, 1.54) is 6.42 Å². The average Bonchev–Trinajstić information content (AvgIpc) is 2.64. The second-order valence-corrected chi connectivity index (χ2v) is 5.31. The van der Waals surface area contributed by atoms with Gasteiger partial charge in [0.2, 0.25) is 5.91 Å². The quantitative estimate of drug-likeness (QED) is 0.712. The lowest BCUT2D eigenvalue weighted by atomic mass is 10.0. The standard InChI is InChI=1S/C12H23N3O/c1-15-7-3-4-9(8-15)14-12(16)10-5-2-6-11(10)13/h9-11H,2-8,13H2,1H3,(H,14,16). The van der Waals surface area contributed by atoms with Gasteiger partial charge in [0.1, 0.15) is 0 Å². The van der Waals surface area contributed by atoms with Gasteiger partial charge < -0.3 is 16.0 Å². The van der Waals surface area contributed by atoms with E-state index in [0.29, 0.717) is 6.04 Å². The van der Waals surface area contributed by atoms with Gasteiger partial charge in [0.15, 0.2) is 0 Å². The molecule has 16 heavy (non-hydrogen) atoms. The van der Waals surface area contributed by atoms with Crippen LogP contribution in [0.1, 0.15) is 32.1 Å². The van der Waals surface area contributed by atoms with Crippen LogP contribution in [0.5, 0.6) is 0 Å². The molecule has 2 rings (SSSR count). The van der Waals surface area contributed by atoms with Crippen LogP contribution >= 0.6 is 0 Å². The van der Waals surface area contributed by atoms with Crippen molar-refractivity contribution in [3.8, 4) is 0 Å². The van der Waals surface area contributed by atoms with Crippen LogP contribution in [0.4, 0.5) is 0 Å². The Morgan fingerprint density at radius 3 is 2.75 bits per heavy atom. The van der Waals surface area contributed by atoms with Gasteiger partial charge in [-0.3, -0.25) is 4.79 Å². The molecule has 1 heterocycles. The first-order chi connectivity index (χ1) is 7.66. The van der Waals surface area contributed by atoms with Crippen LogP contribution in [-0.4, -0.2) is 43.0 Å². The molecule has 3 N–H and O–H groups in total. The van der Waals surface area contributed by atoms with E-state index >= 15 is 0 Å². The summed E-state index contributed by atoms with van der Waals surface area (Å²) >= 11 is 0. The summed E-state index contributed by atoms with van der Waals surface area (Å²) in [4.78, 5) is 14.3. The second-order valence-electron chi connectivity index (χ2n) is 5.31. The zero-order valence-corrected chi connectivity index (χ0v) is 10.1. The molecule has 1 aliphatic carbocycles. The number of hydrogen-bond acceptors (Lipinski definition) is 3. The molecule has 0 spiro atoms. The predicted molar refractivity (Wildman–Crippen MR) is 64.0 cm³/mol. The Labute approximate surface area is 97.6 Å². The molecule has 92 valence electrons. The number of nitrogens with two attached hydrogens (primary N) is 1. The summed E-state index contributed by atoms with van der Waals surface area (Å²) in [6, 6.07) is 0.417. The molecule has 3 unspecified atom stereocenters. The molecular weight excluding hydrogens is 202 g/mol. The minimum atomic E-state index is 0.0623. The van der Waals surface area contributed by atoms with Crippen molar-refractivity contribution in [2.45, 2.75) is 44.2 Å². The van der Waals surface area contributed by atoms with Crippen LogP contribution in [0.2, 0.25) is 0 Å². The molecule has 2 aliphatic rings. The van der Waals surface area contributed by atoms with Crippen LogP contribution < -0.4 is 11.1 Å². The number of nitrogens with zero attached hydrogens (tertiary/aromatic N) is 1. The highest BCUT2D eigenvalue weighted by molar-refractivity contribution is 5.80. The van der Waals surface area contributed by atoms with Crippen LogP contribution in [0, 0.1) is 5.92 Å². The Bertz CT molecular complexity index is 257. The molecule has 0 aromatic carbocycles. The maximum absolute atomic E-state index is 12.0. The number of piperidine rings is 1. The number of carbonyl (C=O) groups is 1. The summed E-state index contributed by atoms with van der Waals surface area (Å²) in [5.74, 6) is 0.248. The third-order valence-corrected chi connectivity index (χ3v) is 3.88. The third kappa shape index (κ3) is 2.74. The fraction of sp³-hybridized carbons (Fsp3) is 0.917. The van der Waals surface area contributed by atoms with Crippen molar-refractivity contribution in [1.29, 1.82) is 0 Å². The van der Waals surface area contributed by atoms with Crippen molar-refractivity contribution in [1.82, 2.24) is 10.2 Å². The van der Waals surface area contributed by atoms with Gasteiger partial charge in [0.25, 0.3) is 0 Å². The van der Waals surface area contributed by atoms with Gasteiger partial charge in [-0.2, -0.15) is 0 Å². The van der Waals surface area contributed by atoms with Crippen LogP contribution in [-0.2, 0) is 4.79 Å². The maximum Gasteiger partial charge on any atom is 0.224 e. The van der Waals surface area contributed by atoms with E-state index in [2.05, 4.69) is 17.3 Å². The molecule has 0 bridgehead atoms. The molecule has 4 heteroatoms. The molecule has 2 fully saturated rings. The average molecular weight is 225 g/mol. The van der Waals surface area contributed by atoms with Crippen LogP contribution in [0.15, 0.2) is 0 Å². The van der Waals surface area contributed by atoms with E-state index in [1.54, 1.807) is 0 Å². The fourth-order valence-electron chi connectivity index (χ4n) is 2.91.